The standard InChI is InChI=1S/C34H49N5O5/c1-22-16-23(2)32(43-3)25(17-22)18-30-28(20-39(30)27-8-12-35-19-27)31(40)21-44-34(42)37-13-10-26(11-14-37)38-15-9-24-6-4-5-7-29(24)36-33(38)41/h4-7,16-17,26-28,30-31,33,35-36,40-41H,8-15,18-21H2,1-3H3/p+1. The first-order valence-corrected chi connectivity index (χ1v) is 16.4. The van der Waals surface area contributed by atoms with Crippen LogP contribution in [-0.2, 0) is 17.6 Å². The zero-order valence-corrected chi connectivity index (χ0v) is 26.5. The van der Waals surface area contributed by atoms with Gasteiger partial charge in [-0.05, 0) is 62.3 Å². The van der Waals surface area contributed by atoms with Crippen LogP contribution in [0.3, 0.4) is 0 Å². The van der Waals surface area contributed by atoms with Gasteiger partial charge >= 0.3 is 6.09 Å². The smallest absolute Gasteiger partial charge is 0.409 e. The van der Waals surface area contributed by atoms with Crippen molar-refractivity contribution in [2.45, 2.75) is 76.5 Å². The summed E-state index contributed by atoms with van der Waals surface area (Å²) in [5, 5.41) is 27.8. The first kappa shape index (κ1) is 31.1. The molecule has 2 aromatic rings. The zero-order chi connectivity index (χ0) is 30.8. The first-order valence-electron chi connectivity index (χ1n) is 16.4. The van der Waals surface area contributed by atoms with Crippen molar-refractivity contribution in [2.24, 2.45) is 5.92 Å². The zero-order valence-electron chi connectivity index (χ0n) is 26.5. The van der Waals surface area contributed by atoms with Crippen molar-refractivity contribution in [1.29, 1.82) is 0 Å². The molecule has 4 aliphatic rings. The molecule has 0 aliphatic carbocycles. The molecule has 6 rings (SSSR count). The Morgan fingerprint density at radius 2 is 1.89 bits per heavy atom. The Morgan fingerprint density at radius 3 is 2.64 bits per heavy atom. The van der Waals surface area contributed by atoms with Crippen LogP contribution in [0, 0.1) is 19.8 Å². The van der Waals surface area contributed by atoms with E-state index in [9.17, 15) is 15.0 Å². The van der Waals surface area contributed by atoms with E-state index in [1.54, 1.807) is 12.0 Å². The van der Waals surface area contributed by atoms with Crippen molar-refractivity contribution in [3.05, 3.63) is 58.7 Å². The fraction of sp³-hybridized carbons (Fsp3) is 0.618. The van der Waals surface area contributed by atoms with Gasteiger partial charge in [-0.3, -0.25) is 9.80 Å². The summed E-state index contributed by atoms with van der Waals surface area (Å²) in [6, 6.07) is 13.3. The summed E-state index contributed by atoms with van der Waals surface area (Å²) in [4.78, 5) is 19.5. The van der Waals surface area contributed by atoms with Crippen LogP contribution in [0.4, 0.5) is 10.5 Å². The molecule has 0 spiro atoms. The molecule has 3 saturated heterocycles. The number of hydrogen-bond donors (Lipinski definition) is 4. The number of benzene rings is 2. The molecule has 10 nitrogen and oxygen atoms in total. The van der Waals surface area contributed by atoms with Crippen molar-refractivity contribution >= 4 is 11.8 Å². The van der Waals surface area contributed by atoms with Gasteiger partial charge in [-0.15, -0.1) is 0 Å². The average Bonchev–Trinajstić information content (AvgIpc) is 3.47. The molecule has 0 saturated carbocycles. The molecule has 2 aromatic carbocycles. The normalized spacial score (nSPS) is 27.2. The Labute approximate surface area is 261 Å². The minimum absolute atomic E-state index is 0.00155. The third-order valence-corrected chi connectivity index (χ3v) is 10.4. The SMILES string of the molecule is COc1c(C)cc(C)cc1CC1C(C(O)COC(=O)N2CCC(N3CCc4ccccc4NC3O)CC2)CN1C1CC[NH2+]C1. The average molecular weight is 609 g/mol. The molecular formula is C34H50N5O5+. The van der Waals surface area contributed by atoms with E-state index in [1.165, 1.54) is 16.7 Å². The molecule has 3 fully saturated rings. The number of rotatable bonds is 8. The van der Waals surface area contributed by atoms with Crippen LogP contribution in [0.25, 0.3) is 0 Å². The number of aliphatic hydroxyl groups is 2. The van der Waals surface area contributed by atoms with Crippen molar-refractivity contribution in [3.8, 4) is 5.75 Å². The number of para-hydroxylation sites is 1. The third kappa shape index (κ3) is 6.55. The van der Waals surface area contributed by atoms with Crippen LogP contribution >= 0.6 is 0 Å². The summed E-state index contributed by atoms with van der Waals surface area (Å²) in [5.41, 5.74) is 5.70. The Morgan fingerprint density at radius 1 is 1.09 bits per heavy atom. The molecule has 5 N–H and O–H groups in total. The van der Waals surface area contributed by atoms with E-state index < -0.39 is 12.5 Å². The Balaban J connectivity index is 1.02. The molecule has 4 aliphatic heterocycles. The number of hydrogen-bond acceptors (Lipinski definition) is 8. The molecule has 240 valence electrons. The van der Waals surface area contributed by atoms with Gasteiger partial charge < -0.3 is 35.2 Å². The van der Waals surface area contributed by atoms with Crippen LogP contribution in [0.15, 0.2) is 36.4 Å². The second kappa shape index (κ2) is 13.6. The Bertz CT molecular complexity index is 1290. The van der Waals surface area contributed by atoms with E-state index in [1.807, 2.05) is 18.2 Å². The quantitative estimate of drug-likeness (QED) is 0.358. The van der Waals surface area contributed by atoms with E-state index in [0.29, 0.717) is 19.1 Å². The number of methoxy groups -OCH3 is 1. The maximum absolute atomic E-state index is 13.1. The van der Waals surface area contributed by atoms with E-state index in [2.05, 4.69) is 52.5 Å². The van der Waals surface area contributed by atoms with Crippen LogP contribution in [0.1, 0.15) is 41.5 Å². The summed E-state index contributed by atoms with van der Waals surface area (Å²) >= 11 is 0. The van der Waals surface area contributed by atoms with E-state index in [0.717, 1.165) is 75.3 Å². The number of amides is 1. The summed E-state index contributed by atoms with van der Waals surface area (Å²) in [5.74, 6) is 0.956. The van der Waals surface area contributed by atoms with E-state index in [-0.39, 0.29) is 30.7 Å². The van der Waals surface area contributed by atoms with E-state index >= 15 is 0 Å². The maximum atomic E-state index is 13.1. The number of nitrogens with two attached hydrogens (primary N) is 1. The highest BCUT2D eigenvalue weighted by Crippen LogP contribution is 2.37. The van der Waals surface area contributed by atoms with Gasteiger partial charge in [-0.25, -0.2) is 4.79 Å². The van der Waals surface area contributed by atoms with Crippen molar-refractivity contribution in [2.75, 3.05) is 58.3 Å². The number of piperidine rings is 1. The highest BCUT2D eigenvalue weighted by molar-refractivity contribution is 5.67. The van der Waals surface area contributed by atoms with Crippen LogP contribution < -0.4 is 15.4 Å². The van der Waals surface area contributed by atoms with Gasteiger partial charge in [0.15, 0.2) is 6.35 Å². The Hall–Kier alpha value is -2.89. The lowest BCUT2D eigenvalue weighted by molar-refractivity contribution is -0.637. The molecule has 0 aromatic heterocycles. The van der Waals surface area contributed by atoms with Crippen molar-refractivity contribution < 1.29 is 29.8 Å². The highest BCUT2D eigenvalue weighted by atomic mass is 16.6. The third-order valence-electron chi connectivity index (χ3n) is 10.4. The molecular weight excluding hydrogens is 558 g/mol. The van der Waals surface area contributed by atoms with Gasteiger partial charge in [0.25, 0.3) is 0 Å². The predicted octanol–water partition coefficient (Wildman–Crippen LogP) is 1.70. The second-order valence-corrected chi connectivity index (χ2v) is 13.2. The minimum atomic E-state index is -0.752. The lowest BCUT2D eigenvalue weighted by Crippen LogP contribution is -2.82. The fourth-order valence-corrected chi connectivity index (χ4v) is 8.03. The molecule has 44 heavy (non-hydrogen) atoms. The highest BCUT2D eigenvalue weighted by Gasteiger charge is 2.48. The first-order chi connectivity index (χ1) is 21.3. The molecule has 4 heterocycles. The van der Waals surface area contributed by atoms with Gasteiger partial charge in [0.2, 0.25) is 0 Å². The van der Waals surface area contributed by atoms with Crippen LogP contribution in [0.5, 0.6) is 5.75 Å². The summed E-state index contributed by atoms with van der Waals surface area (Å²) in [6.45, 7) is 9.15. The van der Waals surface area contributed by atoms with Gasteiger partial charge in [-0.2, -0.15) is 0 Å². The van der Waals surface area contributed by atoms with Crippen LogP contribution in [-0.4, -0.2) is 115 Å². The fourth-order valence-electron chi connectivity index (χ4n) is 8.03. The van der Waals surface area contributed by atoms with E-state index in [4.69, 9.17) is 9.47 Å². The minimum Gasteiger partial charge on any atom is -0.496 e. The Kier molecular flexibility index (Phi) is 9.63. The summed E-state index contributed by atoms with van der Waals surface area (Å²) in [6.07, 6.45) is 2.52. The predicted molar refractivity (Wildman–Crippen MR) is 169 cm³/mol. The lowest BCUT2D eigenvalue weighted by Gasteiger charge is -2.52. The molecule has 5 atom stereocenters. The number of aliphatic hydroxyl groups excluding tert-OH is 2. The molecule has 0 radical (unpaired) electrons. The number of nitrogens with one attached hydrogen (secondary N) is 1. The monoisotopic (exact) mass is 608 g/mol. The van der Waals surface area contributed by atoms with Gasteiger partial charge in [-0.1, -0.05) is 35.9 Å². The maximum Gasteiger partial charge on any atom is 0.409 e. The largest absolute Gasteiger partial charge is 0.496 e. The van der Waals surface area contributed by atoms with Gasteiger partial charge in [0.05, 0.1) is 32.3 Å². The van der Waals surface area contributed by atoms with Crippen LogP contribution in [0.2, 0.25) is 0 Å². The van der Waals surface area contributed by atoms with Crippen molar-refractivity contribution in [3.63, 3.8) is 0 Å². The number of carbonyl (C=O) groups excluding carboxylic acids is 1. The van der Waals surface area contributed by atoms with Gasteiger partial charge in [0.1, 0.15) is 12.4 Å². The number of likely N-dealkylation sites (tertiary alicyclic amines) is 2. The summed E-state index contributed by atoms with van der Waals surface area (Å²) in [7, 11) is 1.73. The molecule has 5 unspecified atom stereocenters. The molecule has 10 heteroatoms. The van der Waals surface area contributed by atoms with Gasteiger partial charge in [0, 0.05) is 56.3 Å². The number of aryl methyl sites for hydroxylation is 2. The lowest BCUT2D eigenvalue weighted by atomic mass is 9.78. The second-order valence-electron chi connectivity index (χ2n) is 13.2. The topological polar surface area (TPSA) is 114 Å². The number of carbonyl (C=O) groups is 1. The molecule has 1 amide bonds. The number of anilines is 1. The van der Waals surface area contributed by atoms with Crippen molar-refractivity contribution in [1.82, 2.24) is 14.7 Å². The number of fused-ring (bicyclic) bond motifs is 1. The number of ether oxygens (including phenoxy) is 2. The number of nitrogens with zero attached hydrogens (tertiary/aromatic N) is 3. The summed E-state index contributed by atoms with van der Waals surface area (Å²) < 4.78 is 11.5. The number of quaternary nitrogens is 1. The molecule has 0 bridgehead atoms.